The van der Waals surface area contributed by atoms with E-state index in [-0.39, 0.29) is 0 Å². The maximum absolute atomic E-state index is 12.1. The van der Waals surface area contributed by atoms with Gasteiger partial charge in [-0.25, -0.2) is 8.99 Å². The molecule has 1 atom stereocenters. The standard InChI is InChI=1S/C18H18N2O3S/c1-3-24(19,21)15-7-4-13(5-8-15)23-18-10-11-20-17-12-14(22-2)6-9-16(17)18/h4-12,19H,3H2,1-2H3/t24-/m1/s1. The summed E-state index contributed by atoms with van der Waals surface area (Å²) in [6.07, 6.45) is 1.68. The SMILES string of the molecule is CC[S@@](=N)(=O)c1ccc(Oc2ccnc3cc(OC)ccc23)cc1. The molecule has 5 nitrogen and oxygen atoms in total. The second-order valence-corrected chi connectivity index (χ2v) is 7.63. The topological polar surface area (TPSA) is 72.3 Å². The van der Waals surface area contributed by atoms with E-state index >= 15 is 0 Å². The van der Waals surface area contributed by atoms with E-state index < -0.39 is 9.73 Å². The summed E-state index contributed by atoms with van der Waals surface area (Å²) < 4.78 is 31.0. The first-order chi connectivity index (χ1) is 11.5. The Balaban J connectivity index is 1.93. The van der Waals surface area contributed by atoms with Crippen LogP contribution in [0.15, 0.2) is 59.6 Å². The number of nitrogens with zero attached hydrogens (tertiary/aromatic N) is 1. The summed E-state index contributed by atoms with van der Waals surface area (Å²) >= 11 is 0. The maximum atomic E-state index is 12.1. The Hall–Kier alpha value is -2.60. The highest BCUT2D eigenvalue weighted by atomic mass is 32.2. The molecule has 0 aliphatic rings. The smallest absolute Gasteiger partial charge is 0.138 e. The molecule has 24 heavy (non-hydrogen) atoms. The van der Waals surface area contributed by atoms with Crippen molar-refractivity contribution in [3.05, 3.63) is 54.7 Å². The van der Waals surface area contributed by atoms with Crippen molar-refractivity contribution in [1.29, 1.82) is 4.78 Å². The van der Waals surface area contributed by atoms with E-state index in [1.807, 2.05) is 18.2 Å². The summed E-state index contributed by atoms with van der Waals surface area (Å²) in [5, 5.41) is 0.875. The first-order valence-corrected chi connectivity index (χ1v) is 9.23. The van der Waals surface area contributed by atoms with Gasteiger partial charge in [0, 0.05) is 28.3 Å². The third kappa shape index (κ3) is 3.19. The fourth-order valence-corrected chi connectivity index (χ4v) is 3.25. The number of benzene rings is 2. The Morgan fingerprint density at radius 3 is 2.46 bits per heavy atom. The van der Waals surface area contributed by atoms with Crippen LogP contribution in [0.4, 0.5) is 0 Å². The monoisotopic (exact) mass is 342 g/mol. The zero-order valence-electron chi connectivity index (χ0n) is 13.5. The molecule has 3 rings (SSSR count). The Morgan fingerprint density at radius 2 is 1.79 bits per heavy atom. The van der Waals surface area contributed by atoms with Crippen molar-refractivity contribution in [2.24, 2.45) is 0 Å². The van der Waals surface area contributed by atoms with Crippen LogP contribution in [0, 0.1) is 4.78 Å². The average Bonchev–Trinajstić information content (AvgIpc) is 2.62. The molecule has 0 saturated heterocycles. The molecule has 3 aromatic rings. The first-order valence-electron chi connectivity index (χ1n) is 7.50. The molecular formula is C18H18N2O3S. The van der Waals surface area contributed by atoms with Crippen molar-refractivity contribution in [3.8, 4) is 17.2 Å². The second kappa shape index (κ2) is 6.49. The van der Waals surface area contributed by atoms with Crippen LogP contribution in [-0.4, -0.2) is 22.1 Å². The van der Waals surface area contributed by atoms with E-state index in [1.54, 1.807) is 50.6 Å². The van der Waals surface area contributed by atoms with Crippen LogP contribution < -0.4 is 9.47 Å². The summed E-state index contributed by atoms with van der Waals surface area (Å²) in [5.74, 6) is 2.33. The molecule has 1 aromatic heterocycles. The maximum Gasteiger partial charge on any atom is 0.138 e. The van der Waals surface area contributed by atoms with Gasteiger partial charge in [-0.15, -0.1) is 0 Å². The summed E-state index contributed by atoms with van der Waals surface area (Å²) in [6, 6.07) is 14.2. The number of hydrogen-bond donors (Lipinski definition) is 1. The van der Waals surface area contributed by atoms with E-state index in [0.29, 0.717) is 22.1 Å². The van der Waals surface area contributed by atoms with Gasteiger partial charge in [-0.2, -0.15) is 0 Å². The van der Waals surface area contributed by atoms with Gasteiger partial charge in [-0.3, -0.25) is 4.98 Å². The highest BCUT2D eigenvalue weighted by Gasteiger charge is 2.09. The van der Waals surface area contributed by atoms with Gasteiger partial charge in [0.05, 0.1) is 22.4 Å². The minimum absolute atomic E-state index is 0.296. The normalized spacial score (nSPS) is 13.4. The second-order valence-electron chi connectivity index (χ2n) is 5.23. The Morgan fingerprint density at radius 1 is 1.08 bits per heavy atom. The Labute approximate surface area is 141 Å². The predicted molar refractivity (Wildman–Crippen MR) is 94.5 cm³/mol. The van der Waals surface area contributed by atoms with Crippen LogP contribution >= 0.6 is 0 Å². The lowest BCUT2D eigenvalue weighted by molar-refractivity contribution is 0.415. The highest BCUT2D eigenvalue weighted by Crippen LogP contribution is 2.31. The molecule has 6 heteroatoms. The lowest BCUT2D eigenvalue weighted by Crippen LogP contribution is -2.01. The molecule has 0 spiro atoms. The van der Waals surface area contributed by atoms with E-state index in [1.165, 1.54) is 0 Å². The first kappa shape index (κ1) is 16.3. The van der Waals surface area contributed by atoms with Gasteiger partial charge in [-0.05, 0) is 42.5 Å². The van der Waals surface area contributed by atoms with Crippen LogP contribution in [0.3, 0.4) is 0 Å². The number of hydrogen-bond acceptors (Lipinski definition) is 5. The molecule has 124 valence electrons. The molecule has 0 amide bonds. The lowest BCUT2D eigenvalue weighted by Gasteiger charge is -2.10. The summed E-state index contributed by atoms with van der Waals surface area (Å²) in [7, 11) is -1.09. The molecule has 1 heterocycles. The molecule has 0 radical (unpaired) electrons. The minimum atomic E-state index is -2.71. The quantitative estimate of drug-likeness (QED) is 0.743. The molecule has 2 aromatic carbocycles. The molecular weight excluding hydrogens is 324 g/mol. The molecule has 0 fully saturated rings. The number of nitrogens with one attached hydrogen (secondary N) is 1. The highest BCUT2D eigenvalue weighted by molar-refractivity contribution is 7.92. The van der Waals surface area contributed by atoms with Gasteiger partial charge < -0.3 is 9.47 Å². The van der Waals surface area contributed by atoms with Crippen LogP contribution in [0.1, 0.15) is 6.92 Å². The average molecular weight is 342 g/mol. The van der Waals surface area contributed by atoms with Crippen molar-refractivity contribution in [3.63, 3.8) is 0 Å². The van der Waals surface area contributed by atoms with E-state index in [4.69, 9.17) is 14.3 Å². The predicted octanol–water partition coefficient (Wildman–Crippen LogP) is 4.46. The van der Waals surface area contributed by atoms with Crippen molar-refractivity contribution < 1.29 is 13.7 Å². The van der Waals surface area contributed by atoms with Crippen LogP contribution in [-0.2, 0) is 9.73 Å². The van der Waals surface area contributed by atoms with Gasteiger partial charge in [0.15, 0.2) is 0 Å². The molecule has 0 aliphatic heterocycles. The van der Waals surface area contributed by atoms with Crippen molar-refractivity contribution in [2.45, 2.75) is 11.8 Å². The summed E-state index contributed by atoms with van der Waals surface area (Å²) in [5.41, 5.74) is 0.781. The molecule has 1 N–H and O–H groups in total. The molecule has 0 aliphatic carbocycles. The number of methoxy groups -OCH3 is 1. The van der Waals surface area contributed by atoms with Gasteiger partial charge >= 0.3 is 0 Å². The van der Waals surface area contributed by atoms with Gasteiger partial charge in [0.25, 0.3) is 0 Å². The third-order valence-corrected chi connectivity index (χ3v) is 5.60. The minimum Gasteiger partial charge on any atom is -0.497 e. The number of pyridine rings is 1. The zero-order valence-corrected chi connectivity index (χ0v) is 14.3. The van der Waals surface area contributed by atoms with Crippen LogP contribution in [0.25, 0.3) is 10.9 Å². The largest absolute Gasteiger partial charge is 0.497 e. The van der Waals surface area contributed by atoms with E-state index in [2.05, 4.69) is 4.98 Å². The van der Waals surface area contributed by atoms with E-state index in [0.717, 1.165) is 16.7 Å². The zero-order chi connectivity index (χ0) is 17.2. The number of ether oxygens (including phenoxy) is 2. The van der Waals surface area contributed by atoms with Crippen LogP contribution in [0.2, 0.25) is 0 Å². The third-order valence-electron chi connectivity index (χ3n) is 3.75. The summed E-state index contributed by atoms with van der Waals surface area (Å²) in [6.45, 7) is 1.75. The van der Waals surface area contributed by atoms with Crippen molar-refractivity contribution in [1.82, 2.24) is 4.98 Å². The lowest BCUT2D eigenvalue weighted by atomic mass is 10.2. The van der Waals surface area contributed by atoms with Crippen molar-refractivity contribution in [2.75, 3.05) is 12.9 Å². The van der Waals surface area contributed by atoms with E-state index in [9.17, 15) is 4.21 Å². The number of fused-ring (bicyclic) bond motifs is 1. The Kier molecular flexibility index (Phi) is 4.40. The van der Waals surface area contributed by atoms with Gasteiger partial charge in [0.1, 0.15) is 17.2 Å². The molecule has 0 saturated carbocycles. The number of aromatic nitrogens is 1. The fourth-order valence-electron chi connectivity index (χ4n) is 2.34. The van der Waals surface area contributed by atoms with Gasteiger partial charge in [-0.1, -0.05) is 6.92 Å². The summed E-state index contributed by atoms with van der Waals surface area (Å²) in [4.78, 5) is 4.84. The van der Waals surface area contributed by atoms with Crippen molar-refractivity contribution >= 4 is 20.6 Å². The molecule has 0 bridgehead atoms. The fraction of sp³-hybridized carbons (Fsp3) is 0.167. The Bertz CT molecular complexity index is 967. The van der Waals surface area contributed by atoms with Gasteiger partial charge in [0.2, 0.25) is 0 Å². The number of rotatable bonds is 5. The molecule has 0 unspecified atom stereocenters. The van der Waals surface area contributed by atoms with Crippen LogP contribution in [0.5, 0.6) is 17.2 Å².